The lowest BCUT2D eigenvalue weighted by atomic mass is 10.1. The summed E-state index contributed by atoms with van der Waals surface area (Å²) in [5, 5.41) is 10.8. The lowest BCUT2D eigenvalue weighted by Crippen LogP contribution is -1.86. The van der Waals surface area contributed by atoms with Gasteiger partial charge < -0.3 is 5.11 Å². The predicted molar refractivity (Wildman–Crippen MR) is 70.4 cm³/mol. The van der Waals surface area contributed by atoms with E-state index in [2.05, 4.69) is 39.2 Å². The van der Waals surface area contributed by atoms with Crippen LogP contribution in [-0.4, -0.2) is 16.8 Å². The molecule has 0 aliphatic carbocycles. The largest absolute Gasteiger partial charge is 0.505 e. The van der Waals surface area contributed by atoms with Crippen LogP contribution in [0.5, 0.6) is 5.75 Å². The monoisotopic (exact) mass is 276 g/mol. The quantitative estimate of drug-likeness (QED) is 0.851. The highest BCUT2D eigenvalue weighted by atomic mass is 79.9. The van der Waals surface area contributed by atoms with Gasteiger partial charge in [-0.2, -0.15) is 0 Å². The van der Waals surface area contributed by atoms with Crippen LogP contribution in [0.2, 0.25) is 0 Å². The Kier molecular flexibility index (Phi) is 2.75. The fraction of sp³-hybridized carbons (Fsp3) is 0. The van der Waals surface area contributed by atoms with Gasteiger partial charge in [-0.1, -0.05) is 12.7 Å². The van der Waals surface area contributed by atoms with E-state index in [0.29, 0.717) is 15.7 Å². The SMILES string of the molecule is C=Cc1c(N=C)c(O)c(Br)c2cccnc12. The van der Waals surface area contributed by atoms with Gasteiger partial charge in [-0.05, 0) is 34.8 Å². The molecule has 0 aliphatic heterocycles. The second-order valence-electron chi connectivity index (χ2n) is 3.19. The molecule has 0 aliphatic rings. The van der Waals surface area contributed by atoms with Gasteiger partial charge in [0.25, 0.3) is 0 Å². The summed E-state index contributed by atoms with van der Waals surface area (Å²) in [6.45, 7) is 7.15. The van der Waals surface area contributed by atoms with E-state index in [-0.39, 0.29) is 5.75 Å². The summed E-state index contributed by atoms with van der Waals surface area (Å²) >= 11 is 3.32. The van der Waals surface area contributed by atoms with Gasteiger partial charge in [0.15, 0.2) is 5.75 Å². The number of aromatic nitrogens is 1. The molecule has 2 rings (SSSR count). The maximum absolute atomic E-state index is 9.95. The molecule has 1 N–H and O–H groups in total. The number of hydrogen-bond acceptors (Lipinski definition) is 3. The first kappa shape index (κ1) is 10.8. The van der Waals surface area contributed by atoms with Crippen molar-refractivity contribution in [3.63, 3.8) is 0 Å². The topological polar surface area (TPSA) is 45.5 Å². The molecule has 2 aromatic rings. The van der Waals surface area contributed by atoms with Crippen LogP contribution in [0.3, 0.4) is 0 Å². The van der Waals surface area contributed by atoms with Gasteiger partial charge in [-0.15, -0.1) is 0 Å². The Bertz CT molecular complexity index is 593. The maximum atomic E-state index is 9.95. The van der Waals surface area contributed by atoms with E-state index in [1.54, 1.807) is 18.3 Å². The normalized spacial score (nSPS) is 10.3. The molecule has 0 unspecified atom stereocenters. The van der Waals surface area contributed by atoms with Crippen molar-refractivity contribution in [2.24, 2.45) is 4.99 Å². The average Bonchev–Trinajstić information content (AvgIpc) is 2.33. The van der Waals surface area contributed by atoms with Crippen molar-refractivity contribution in [2.75, 3.05) is 0 Å². The molecule has 0 atom stereocenters. The summed E-state index contributed by atoms with van der Waals surface area (Å²) in [6, 6.07) is 3.67. The van der Waals surface area contributed by atoms with Crippen molar-refractivity contribution in [1.82, 2.24) is 4.98 Å². The van der Waals surface area contributed by atoms with E-state index in [1.165, 1.54) is 0 Å². The lowest BCUT2D eigenvalue weighted by molar-refractivity contribution is 0.474. The fourth-order valence-electron chi connectivity index (χ4n) is 1.62. The van der Waals surface area contributed by atoms with Crippen molar-refractivity contribution in [3.05, 3.63) is 34.9 Å². The van der Waals surface area contributed by atoms with Gasteiger partial charge in [0.2, 0.25) is 0 Å². The smallest absolute Gasteiger partial charge is 0.156 e. The number of fused-ring (bicyclic) bond motifs is 1. The number of phenolic OH excluding ortho intramolecular Hbond substituents is 1. The molecule has 0 bridgehead atoms. The summed E-state index contributed by atoms with van der Waals surface area (Å²) < 4.78 is 0.573. The molecule has 1 aromatic heterocycles. The minimum Gasteiger partial charge on any atom is -0.505 e. The van der Waals surface area contributed by atoms with E-state index in [0.717, 1.165) is 10.9 Å². The van der Waals surface area contributed by atoms with Crippen LogP contribution in [0.15, 0.2) is 34.4 Å². The molecule has 0 radical (unpaired) electrons. The molecule has 1 heterocycles. The molecule has 0 spiro atoms. The minimum absolute atomic E-state index is 0.0606. The van der Waals surface area contributed by atoms with Gasteiger partial charge >= 0.3 is 0 Å². The maximum Gasteiger partial charge on any atom is 0.156 e. The van der Waals surface area contributed by atoms with Gasteiger partial charge in [-0.3, -0.25) is 9.98 Å². The fourth-order valence-corrected chi connectivity index (χ4v) is 2.13. The summed E-state index contributed by atoms with van der Waals surface area (Å²) in [7, 11) is 0. The van der Waals surface area contributed by atoms with Gasteiger partial charge in [0.1, 0.15) is 5.69 Å². The van der Waals surface area contributed by atoms with Crippen molar-refractivity contribution in [2.45, 2.75) is 0 Å². The number of aromatic hydroxyl groups is 1. The van der Waals surface area contributed by atoms with Crippen LogP contribution in [0.25, 0.3) is 17.0 Å². The summed E-state index contributed by atoms with van der Waals surface area (Å²) in [5.74, 6) is 0.0606. The molecular formula is C12H9BrN2O. The third-order valence-electron chi connectivity index (χ3n) is 2.35. The molecule has 16 heavy (non-hydrogen) atoms. The minimum atomic E-state index is 0.0606. The van der Waals surface area contributed by atoms with Crippen molar-refractivity contribution in [1.29, 1.82) is 0 Å². The molecule has 0 saturated carbocycles. The van der Waals surface area contributed by atoms with E-state index in [9.17, 15) is 5.11 Å². The van der Waals surface area contributed by atoms with Gasteiger partial charge in [0.05, 0.1) is 9.99 Å². The van der Waals surface area contributed by atoms with E-state index in [1.807, 2.05) is 6.07 Å². The van der Waals surface area contributed by atoms with Crippen LogP contribution in [0.1, 0.15) is 5.56 Å². The van der Waals surface area contributed by atoms with Crippen LogP contribution in [0, 0.1) is 0 Å². The van der Waals surface area contributed by atoms with Gasteiger partial charge in [-0.25, -0.2) is 0 Å². The summed E-state index contributed by atoms with van der Waals surface area (Å²) in [4.78, 5) is 8.07. The molecule has 3 nitrogen and oxygen atoms in total. The third-order valence-corrected chi connectivity index (χ3v) is 3.15. The van der Waals surface area contributed by atoms with Crippen LogP contribution < -0.4 is 0 Å². The van der Waals surface area contributed by atoms with Crippen molar-refractivity contribution in [3.8, 4) is 5.75 Å². The van der Waals surface area contributed by atoms with E-state index >= 15 is 0 Å². The third kappa shape index (κ3) is 1.42. The molecule has 80 valence electrons. The Morgan fingerprint density at radius 1 is 1.50 bits per heavy atom. The molecular weight excluding hydrogens is 268 g/mol. The molecule has 4 heteroatoms. The molecule has 0 amide bonds. The standard InChI is InChI=1S/C12H9BrN2O/c1-3-7-10-8(5-4-6-15-10)9(13)12(16)11(7)14-2/h3-6,16H,1-2H2. The van der Waals surface area contributed by atoms with E-state index in [4.69, 9.17) is 0 Å². The van der Waals surface area contributed by atoms with Crippen LogP contribution in [0.4, 0.5) is 5.69 Å². The first-order chi connectivity index (χ1) is 7.70. The Morgan fingerprint density at radius 3 is 2.88 bits per heavy atom. The van der Waals surface area contributed by atoms with E-state index < -0.39 is 0 Å². The zero-order valence-electron chi connectivity index (χ0n) is 8.44. The number of benzene rings is 1. The van der Waals surface area contributed by atoms with Crippen molar-refractivity contribution >= 4 is 45.3 Å². The molecule has 1 aromatic carbocycles. The zero-order chi connectivity index (χ0) is 11.7. The number of halogens is 1. The Balaban J connectivity index is 3.06. The first-order valence-electron chi connectivity index (χ1n) is 4.59. The Morgan fingerprint density at radius 2 is 2.25 bits per heavy atom. The summed E-state index contributed by atoms with van der Waals surface area (Å²) in [6.07, 6.45) is 3.30. The number of pyridine rings is 1. The number of aliphatic imine (C=N–C) groups is 1. The highest BCUT2D eigenvalue weighted by Gasteiger charge is 2.15. The first-order valence-corrected chi connectivity index (χ1v) is 5.38. The number of rotatable bonds is 2. The van der Waals surface area contributed by atoms with Gasteiger partial charge in [0, 0.05) is 17.1 Å². The highest BCUT2D eigenvalue weighted by molar-refractivity contribution is 9.10. The lowest BCUT2D eigenvalue weighted by Gasteiger charge is -2.10. The van der Waals surface area contributed by atoms with Crippen LogP contribution >= 0.6 is 15.9 Å². The Labute approximate surface area is 101 Å². The zero-order valence-corrected chi connectivity index (χ0v) is 10.0. The second-order valence-corrected chi connectivity index (χ2v) is 3.98. The summed E-state index contributed by atoms with van der Waals surface area (Å²) in [5.41, 5.74) is 1.82. The van der Waals surface area contributed by atoms with Crippen molar-refractivity contribution < 1.29 is 5.11 Å². The average molecular weight is 277 g/mol. The number of nitrogens with zero attached hydrogens (tertiary/aromatic N) is 2. The second kappa shape index (κ2) is 4.06. The number of hydrogen-bond donors (Lipinski definition) is 1. The Hall–Kier alpha value is -1.68. The predicted octanol–water partition coefficient (Wildman–Crippen LogP) is 3.68. The highest BCUT2D eigenvalue weighted by Crippen LogP contribution is 2.43. The molecule has 0 fully saturated rings. The number of phenols is 1. The molecule has 0 saturated heterocycles. The van der Waals surface area contributed by atoms with Crippen LogP contribution in [-0.2, 0) is 0 Å².